The molecule has 20 heavy (non-hydrogen) atoms. The van der Waals surface area contributed by atoms with Crippen LogP contribution in [-0.4, -0.2) is 62.4 Å². The molecule has 1 amide bonds. The SMILES string of the molecule is CC(OCC1CCCCO1)C(=O)N(C)C1CCNC1.Cl. The molecule has 6 heteroatoms. The Balaban J connectivity index is 0.00000200. The van der Waals surface area contributed by atoms with Crippen molar-refractivity contribution in [2.45, 2.75) is 50.9 Å². The molecule has 0 bridgehead atoms. The van der Waals surface area contributed by atoms with E-state index in [0.717, 1.165) is 39.0 Å². The number of likely N-dealkylation sites (N-methyl/N-ethyl adjacent to an activating group) is 1. The summed E-state index contributed by atoms with van der Waals surface area (Å²) >= 11 is 0. The number of hydrogen-bond donors (Lipinski definition) is 1. The maximum absolute atomic E-state index is 12.2. The van der Waals surface area contributed by atoms with Gasteiger partial charge in [-0.05, 0) is 39.2 Å². The van der Waals surface area contributed by atoms with Gasteiger partial charge in [0.05, 0.1) is 12.7 Å². The topological polar surface area (TPSA) is 50.8 Å². The molecule has 0 aromatic heterocycles. The number of carbonyl (C=O) groups is 1. The van der Waals surface area contributed by atoms with Crippen LogP contribution in [0.3, 0.4) is 0 Å². The third kappa shape index (κ3) is 4.88. The van der Waals surface area contributed by atoms with Crippen LogP contribution in [-0.2, 0) is 14.3 Å². The summed E-state index contributed by atoms with van der Waals surface area (Å²) in [4.78, 5) is 14.1. The molecule has 118 valence electrons. The summed E-state index contributed by atoms with van der Waals surface area (Å²) < 4.78 is 11.3. The van der Waals surface area contributed by atoms with Gasteiger partial charge in [-0.2, -0.15) is 0 Å². The van der Waals surface area contributed by atoms with E-state index >= 15 is 0 Å². The van der Waals surface area contributed by atoms with Crippen LogP contribution in [0, 0.1) is 0 Å². The third-order valence-electron chi connectivity index (χ3n) is 4.08. The lowest BCUT2D eigenvalue weighted by Crippen LogP contribution is -2.44. The van der Waals surface area contributed by atoms with Crippen LogP contribution in [0.2, 0.25) is 0 Å². The van der Waals surface area contributed by atoms with Gasteiger partial charge in [0, 0.05) is 26.2 Å². The Kier molecular flexibility index (Phi) is 7.80. The lowest BCUT2D eigenvalue weighted by atomic mass is 10.1. The highest BCUT2D eigenvalue weighted by molar-refractivity contribution is 5.85. The highest BCUT2D eigenvalue weighted by atomic mass is 35.5. The second kappa shape index (κ2) is 8.82. The van der Waals surface area contributed by atoms with E-state index in [4.69, 9.17) is 9.47 Å². The predicted octanol–water partition coefficient (Wildman–Crippen LogP) is 1.20. The van der Waals surface area contributed by atoms with Crippen LogP contribution >= 0.6 is 12.4 Å². The first-order valence-corrected chi connectivity index (χ1v) is 7.39. The summed E-state index contributed by atoms with van der Waals surface area (Å²) in [5.41, 5.74) is 0. The molecule has 0 aliphatic carbocycles. The number of amides is 1. The summed E-state index contributed by atoms with van der Waals surface area (Å²) in [5, 5.41) is 3.28. The largest absolute Gasteiger partial charge is 0.376 e. The molecule has 0 saturated carbocycles. The Hall–Kier alpha value is -0.360. The molecule has 2 saturated heterocycles. The fraction of sp³-hybridized carbons (Fsp3) is 0.929. The standard InChI is InChI=1S/C14H26N2O3.ClH/c1-11(19-10-13-5-3-4-8-18-13)14(17)16(2)12-6-7-15-9-12;/h11-13,15H,3-10H2,1-2H3;1H. The smallest absolute Gasteiger partial charge is 0.251 e. The van der Waals surface area contributed by atoms with Gasteiger partial charge in [0.25, 0.3) is 5.91 Å². The first-order valence-electron chi connectivity index (χ1n) is 7.39. The van der Waals surface area contributed by atoms with Gasteiger partial charge in [-0.15, -0.1) is 12.4 Å². The number of halogens is 1. The van der Waals surface area contributed by atoms with Gasteiger partial charge in [0.15, 0.2) is 0 Å². The zero-order valence-corrected chi connectivity index (χ0v) is 13.3. The molecule has 0 aromatic rings. The van der Waals surface area contributed by atoms with E-state index in [1.807, 2.05) is 18.9 Å². The first kappa shape index (κ1) is 17.7. The Morgan fingerprint density at radius 3 is 2.85 bits per heavy atom. The molecule has 0 spiro atoms. The molecule has 2 aliphatic rings. The quantitative estimate of drug-likeness (QED) is 0.829. The van der Waals surface area contributed by atoms with Crippen molar-refractivity contribution in [2.24, 2.45) is 0 Å². The first-order chi connectivity index (χ1) is 9.18. The molecular formula is C14H27ClN2O3. The number of rotatable bonds is 5. The highest BCUT2D eigenvalue weighted by Crippen LogP contribution is 2.14. The Morgan fingerprint density at radius 2 is 2.25 bits per heavy atom. The zero-order chi connectivity index (χ0) is 13.7. The minimum absolute atomic E-state index is 0. The minimum atomic E-state index is -0.379. The summed E-state index contributed by atoms with van der Waals surface area (Å²) in [5.74, 6) is 0.0736. The van der Waals surface area contributed by atoms with Crippen LogP contribution in [0.15, 0.2) is 0 Å². The molecule has 5 nitrogen and oxygen atoms in total. The summed E-state index contributed by atoms with van der Waals surface area (Å²) in [6.07, 6.45) is 4.20. The average Bonchev–Trinajstić information content (AvgIpc) is 2.98. The van der Waals surface area contributed by atoms with Gasteiger partial charge in [-0.25, -0.2) is 0 Å². The number of nitrogens with zero attached hydrogens (tertiary/aromatic N) is 1. The lowest BCUT2D eigenvalue weighted by molar-refractivity contribution is -0.146. The van der Waals surface area contributed by atoms with Crippen molar-refractivity contribution in [3.63, 3.8) is 0 Å². The van der Waals surface area contributed by atoms with Gasteiger partial charge in [-0.3, -0.25) is 4.79 Å². The molecule has 0 aromatic carbocycles. The van der Waals surface area contributed by atoms with Gasteiger partial charge >= 0.3 is 0 Å². The molecule has 2 rings (SSSR count). The van der Waals surface area contributed by atoms with Crippen molar-refractivity contribution >= 4 is 18.3 Å². The van der Waals surface area contributed by atoms with Crippen LogP contribution in [0.1, 0.15) is 32.6 Å². The van der Waals surface area contributed by atoms with E-state index in [2.05, 4.69) is 5.32 Å². The van der Waals surface area contributed by atoms with Gasteiger partial charge in [-0.1, -0.05) is 0 Å². The fourth-order valence-electron chi connectivity index (χ4n) is 2.70. The molecule has 1 N–H and O–H groups in total. The lowest BCUT2D eigenvalue weighted by Gasteiger charge is -2.28. The summed E-state index contributed by atoms with van der Waals surface area (Å²) in [7, 11) is 1.87. The minimum Gasteiger partial charge on any atom is -0.376 e. The Labute approximate surface area is 127 Å². The summed E-state index contributed by atoms with van der Waals surface area (Å²) in [6, 6.07) is 0.310. The molecule has 0 radical (unpaired) electrons. The maximum Gasteiger partial charge on any atom is 0.251 e. The zero-order valence-electron chi connectivity index (χ0n) is 12.5. The Morgan fingerprint density at radius 1 is 1.45 bits per heavy atom. The van der Waals surface area contributed by atoms with E-state index in [0.29, 0.717) is 12.6 Å². The molecule has 2 fully saturated rings. The summed E-state index contributed by atoms with van der Waals surface area (Å²) in [6.45, 7) is 5.08. The normalized spacial score (nSPS) is 27.7. The Bertz CT molecular complexity index is 292. The molecule has 2 heterocycles. The van der Waals surface area contributed by atoms with Gasteiger partial charge in [0.2, 0.25) is 0 Å². The predicted molar refractivity (Wildman–Crippen MR) is 80.3 cm³/mol. The second-order valence-corrected chi connectivity index (χ2v) is 5.56. The van der Waals surface area contributed by atoms with Crippen LogP contribution in [0.4, 0.5) is 0 Å². The van der Waals surface area contributed by atoms with E-state index < -0.39 is 0 Å². The van der Waals surface area contributed by atoms with Crippen LogP contribution in [0.25, 0.3) is 0 Å². The van der Waals surface area contributed by atoms with E-state index in [1.54, 1.807) is 0 Å². The number of hydrogen-bond acceptors (Lipinski definition) is 4. The fourth-order valence-corrected chi connectivity index (χ4v) is 2.70. The van der Waals surface area contributed by atoms with Gasteiger partial charge in [0.1, 0.15) is 6.10 Å². The molecule has 3 unspecified atom stereocenters. The van der Waals surface area contributed by atoms with E-state index in [1.165, 1.54) is 6.42 Å². The molecule has 2 aliphatic heterocycles. The van der Waals surface area contributed by atoms with Gasteiger partial charge < -0.3 is 19.7 Å². The van der Waals surface area contributed by atoms with Crippen molar-refractivity contribution in [1.29, 1.82) is 0 Å². The molecule has 3 atom stereocenters. The van der Waals surface area contributed by atoms with Crippen molar-refractivity contribution in [3.8, 4) is 0 Å². The van der Waals surface area contributed by atoms with E-state index in [9.17, 15) is 4.79 Å². The molecular weight excluding hydrogens is 280 g/mol. The number of nitrogens with one attached hydrogen (secondary N) is 1. The van der Waals surface area contributed by atoms with E-state index in [-0.39, 0.29) is 30.5 Å². The van der Waals surface area contributed by atoms with Crippen LogP contribution < -0.4 is 5.32 Å². The average molecular weight is 307 g/mol. The number of ether oxygens (including phenoxy) is 2. The maximum atomic E-state index is 12.2. The van der Waals surface area contributed by atoms with Crippen LogP contribution in [0.5, 0.6) is 0 Å². The van der Waals surface area contributed by atoms with Crippen molar-refractivity contribution in [3.05, 3.63) is 0 Å². The van der Waals surface area contributed by atoms with Crippen molar-refractivity contribution in [1.82, 2.24) is 10.2 Å². The van der Waals surface area contributed by atoms with Crippen molar-refractivity contribution < 1.29 is 14.3 Å². The number of carbonyl (C=O) groups excluding carboxylic acids is 1. The second-order valence-electron chi connectivity index (χ2n) is 5.56. The third-order valence-corrected chi connectivity index (χ3v) is 4.08. The van der Waals surface area contributed by atoms with Crippen molar-refractivity contribution in [2.75, 3.05) is 33.4 Å². The monoisotopic (exact) mass is 306 g/mol. The highest BCUT2D eigenvalue weighted by Gasteiger charge is 2.27.